The van der Waals surface area contributed by atoms with Crippen LogP contribution in [0, 0.1) is 0 Å². The number of piperidine rings is 1. The third kappa shape index (κ3) is 2.44. The molecule has 0 bridgehead atoms. The largest absolute Gasteiger partial charge is 0.480 e. The second-order valence-corrected chi connectivity index (χ2v) is 6.17. The molecule has 0 aliphatic carbocycles. The summed E-state index contributed by atoms with van der Waals surface area (Å²) in [4.78, 5) is 41.6. The van der Waals surface area contributed by atoms with Crippen LogP contribution in [0.1, 0.15) is 29.6 Å². The van der Waals surface area contributed by atoms with Gasteiger partial charge in [0.05, 0.1) is 0 Å². The first kappa shape index (κ1) is 14.1. The standard InChI is InChI=1S/C13H15N3O4S/c17-10(15-4-2-1-3-9(15)12(19)20)8-7-14-13-16(11(8)18)5-6-21-13/h7,9H,1-6H2,(H,19,20). The monoisotopic (exact) mass is 309 g/mol. The van der Waals surface area contributed by atoms with Gasteiger partial charge in [-0.2, -0.15) is 0 Å². The van der Waals surface area contributed by atoms with Crippen LogP contribution in [0.15, 0.2) is 16.1 Å². The number of hydrogen-bond donors (Lipinski definition) is 1. The van der Waals surface area contributed by atoms with Crippen molar-refractivity contribution in [1.82, 2.24) is 14.5 Å². The Labute approximate surface area is 125 Å². The molecule has 1 amide bonds. The van der Waals surface area contributed by atoms with Crippen LogP contribution >= 0.6 is 11.8 Å². The summed E-state index contributed by atoms with van der Waals surface area (Å²) in [5, 5.41) is 9.85. The number of fused-ring (bicyclic) bond motifs is 1. The normalized spacial score (nSPS) is 21.1. The van der Waals surface area contributed by atoms with Crippen LogP contribution in [0.4, 0.5) is 0 Å². The molecule has 1 N–H and O–H groups in total. The number of amides is 1. The van der Waals surface area contributed by atoms with Gasteiger partial charge < -0.3 is 10.0 Å². The lowest BCUT2D eigenvalue weighted by Crippen LogP contribution is -2.49. The fourth-order valence-electron chi connectivity index (χ4n) is 2.75. The summed E-state index contributed by atoms with van der Waals surface area (Å²) in [7, 11) is 0. The first-order chi connectivity index (χ1) is 10.1. The number of carbonyl (C=O) groups excluding carboxylic acids is 1. The maximum absolute atomic E-state index is 12.5. The van der Waals surface area contributed by atoms with Crippen LogP contribution in [0.5, 0.6) is 0 Å². The molecule has 1 aromatic rings. The van der Waals surface area contributed by atoms with Crippen molar-refractivity contribution in [2.75, 3.05) is 12.3 Å². The van der Waals surface area contributed by atoms with Gasteiger partial charge in [-0.15, -0.1) is 0 Å². The Kier molecular flexibility index (Phi) is 3.71. The van der Waals surface area contributed by atoms with E-state index in [9.17, 15) is 19.5 Å². The average Bonchev–Trinajstić information content (AvgIpc) is 2.96. The summed E-state index contributed by atoms with van der Waals surface area (Å²) in [6.07, 6.45) is 3.24. The number of hydrogen-bond acceptors (Lipinski definition) is 5. The van der Waals surface area contributed by atoms with Crippen molar-refractivity contribution in [3.05, 3.63) is 22.1 Å². The van der Waals surface area contributed by atoms with Crippen LogP contribution in [-0.2, 0) is 11.3 Å². The van der Waals surface area contributed by atoms with Crippen LogP contribution < -0.4 is 5.56 Å². The second kappa shape index (κ2) is 5.51. The number of aromatic nitrogens is 2. The van der Waals surface area contributed by atoms with E-state index >= 15 is 0 Å². The Balaban J connectivity index is 1.95. The number of nitrogens with zero attached hydrogens (tertiary/aromatic N) is 3. The highest BCUT2D eigenvalue weighted by Gasteiger charge is 2.34. The number of rotatable bonds is 2. The molecule has 1 fully saturated rings. The molecule has 3 rings (SSSR count). The van der Waals surface area contributed by atoms with Crippen molar-refractivity contribution in [2.45, 2.75) is 37.0 Å². The number of aliphatic carboxylic acids is 1. The van der Waals surface area contributed by atoms with Crippen LogP contribution in [0.25, 0.3) is 0 Å². The van der Waals surface area contributed by atoms with Crippen LogP contribution in [-0.4, -0.2) is 49.8 Å². The van der Waals surface area contributed by atoms with Crippen molar-refractivity contribution in [1.29, 1.82) is 0 Å². The summed E-state index contributed by atoms with van der Waals surface area (Å²) in [6.45, 7) is 0.904. The zero-order chi connectivity index (χ0) is 15.0. The molecule has 0 radical (unpaired) electrons. The lowest BCUT2D eigenvalue weighted by Gasteiger charge is -2.32. The van der Waals surface area contributed by atoms with Gasteiger partial charge in [0.2, 0.25) is 0 Å². The Morgan fingerprint density at radius 2 is 2.14 bits per heavy atom. The second-order valence-electron chi connectivity index (χ2n) is 5.11. The molecule has 0 spiro atoms. The third-order valence-electron chi connectivity index (χ3n) is 3.84. The first-order valence-electron chi connectivity index (χ1n) is 6.86. The summed E-state index contributed by atoms with van der Waals surface area (Å²) < 4.78 is 1.48. The van der Waals surface area contributed by atoms with E-state index in [4.69, 9.17) is 0 Å². The molecule has 1 unspecified atom stereocenters. The van der Waals surface area contributed by atoms with E-state index in [1.807, 2.05) is 0 Å². The fraction of sp³-hybridized carbons (Fsp3) is 0.538. The van der Waals surface area contributed by atoms with Gasteiger partial charge in [0.25, 0.3) is 11.5 Å². The van der Waals surface area contributed by atoms with Crippen molar-refractivity contribution in [3.63, 3.8) is 0 Å². The fourth-order valence-corrected chi connectivity index (χ4v) is 3.66. The van der Waals surface area contributed by atoms with Crippen LogP contribution in [0.3, 0.4) is 0 Å². The Hall–Kier alpha value is -1.83. The molecule has 8 heteroatoms. The summed E-state index contributed by atoms with van der Waals surface area (Å²) in [5.74, 6) is -0.777. The van der Waals surface area contributed by atoms with Gasteiger partial charge in [-0.05, 0) is 19.3 Å². The number of carboxylic acid groups (broad SMARTS) is 1. The van der Waals surface area contributed by atoms with Gasteiger partial charge in [-0.25, -0.2) is 9.78 Å². The zero-order valence-corrected chi connectivity index (χ0v) is 12.1. The predicted octanol–water partition coefficient (Wildman–Crippen LogP) is 0.428. The van der Waals surface area contributed by atoms with Gasteiger partial charge in [0, 0.05) is 25.0 Å². The molecule has 2 aliphatic rings. The Morgan fingerprint density at radius 1 is 1.33 bits per heavy atom. The summed E-state index contributed by atoms with van der Waals surface area (Å²) >= 11 is 1.48. The SMILES string of the molecule is O=C(O)C1CCCCN1C(=O)c1cnc2n(c1=O)CCS2. The summed E-state index contributed by atoms with van der Waals surface area (Å²) in [6, 6.07) is -0.849. The molecule has 21 heavy (non-hydrogen) atoms. The number of carbonyl (C=O) groups is 2. The van der Waals surface area contributed by atoms with E-state index in [2.05, 4.69) is 4.98 Å². The van der Waals surface area contributed by atoms with Gasteiger partial charge in [-0.3, -0.25) is 14.2 Å². The van der Waals surface area contributed by atoms with E-state index in [-0.39, 0.29) is 11.1 Å². The van der Waals surface area contributed by atoms with E-state index < -0.39 is 17.9 Å². The first-order valence-corrected chi connectivity index (χ1v) is 7.84. The van der Waals surface area contributed by atoms with Crippen molar-refractivity contribution >= 4 is 23.6 Å². The Morgan fingerprint density at radius 3 is 2.90 bits per heavy atom. The van der Waals surface area contributed by atoms with Gasteiger partial charge >= 0.3 is 5.97 Å². The predicted molar refractivity (Wildman–Crippen MR) is 75.5 cm³/mol. The van der Waals surface area contributed by atoms with Gasteiger partial charge in [-0.1, -0.05) is 11.8 Å². The minimum absolute atomic E-state index is 0.0330. The molecular weight excluding hydrogens is 294 g/mol. The topological polar surface area (TPSA) is 92.5 Å². The molecule has 0 aromatic carbocycles. The van der Waals surface area contributed by atoms with Gasteiger partial charge in [0.15, 0.2) is 5.16 Å². The molecule has 7 nitrogen and oxygen atoms in total. The van der Waals surface area contributed by atoms with Crippen molar-refractivity contribution in [3.8, 4) is 0 Å². The highest BCUT2D eigenvalue weighted by atomic mass is 32.2. The Bertz CT molecular complexity index is 657. The molecule has 1 saturated heterocycles. The van der Waals surface area contributed by atoms with Crippen LogP contribution in [0.2, 0.25) is 0 Å². The van der Waals surface area contributed by atoms with E-state index in [0.717, 1.165) is 18.6 Å². The van der Waals surface area contributed by atoms with Crippen molar-refractivity contribution < 1.29 is 14.7 Å². The lowest BCUT2D eigenvalue weighted by molar-refractivity contribution is -0.143. The minimum Gasteiger partial charge on any atom is -0.480 e. The number of likely N-dealkylation sites (tertiary alicyclic amines) is 1. The highest BCUT2D eigenvalue weighted by molar-refractivity contribution is 7.99. The zero-order valence-electron chi connectivity index (χ0n) is 11.3. The molecule has 1 atom stereocenters. The molecule has 1 aromatic heterocycles. The van der Waals surface area contributed by atoms with E-state index in [0.29, 0.717) is 24.7 Å². The van der Waals surface area contributed by atoms with E-state index in [1.165, 1.54) is 27.4 Å². The molecule has 112 valence electrons. The van der Waals surface area contributed by atoms with Gasteiger partial charge in [0.1, 0.15) is 11.6 Å². The number of thioether (sulfide) groups is 1. The number of carboxylic acids is 1. The van der Waals surface area contributed by atoms with Crippen molar-refractivity contribution in [2.24, 2.45) is 0 Å². The molecule has 0 saturated carbocycles. The minimum atomic E-state index is -1.02. The lowest BCUT2D eigenvalue weighted by atomic mass is 10.0. The average molecular weight is 309 g/mol. The maximum atomic E-state index is 12.5. The highest BCUT2D eigenvalue weighted by Crippen LogP contribution is 2.22. The van der Waals surface area contributed by atoms with E-state index in [1.54, 1.807) is 0 Å². The summed E-state index contributed by atoms with van der Waals surface area (Å²) in [5.41, 5.74) is -0.404. The quantitative estimate of drug-likeness (QED) is 0.796. The smallest absolute Gasteiger partial charge is 0.326 e. The maximum Gasteiger partial charge on any atom is 0.326 e. The third-order valence-corrected chi connectivity index (χ3v) is 4.81. The molecule has 3 heterocycles. The molecule has 2 aliphatic heterocycles. The molecular formula is C13H15N3O4S.